The average Bonchev–Trinajstić information content (AvgIpc) is 2.67. The van der Waals surface area contributed by atoms with Crippen LogP contribution in [0.3, 0.4) is 0 Å². The van der Waals surface area contributed by atoms with Gasteiger partial charge in [0.05, 0.1) is 12.5 Å². The maximum absolute atomic E-state index is 8.37. The Kier molecular flexibility index (Phi) is 2.34. The molecule has 0 amide bonds. The van der Waals surface area contributed by atoms with Gasteiger partial charge >= 0.3 is 0 Å². The lowest BCUT2D eigenvalue weighted by atomic mass is 10.0. The van der Waals surface area contributed by atoms with Crippen LogP contribution in [0, 0.1) is 23.2 Å². The van der Waals surface area contributed by atoms with E-state index in [0.717, 1.165) is 12.0 Å². The lowest BCUT2D eigenvalue weighted by Crippen LogP contribution is -1.87. The topological polar surface area (TPSA) is 23.8 Å². The van der Waals surface area contributed by atoms with Crippen LogP contribution in [0.4, 0.5) is 0 Å². The number of hydrogen-bond donors (Lipinski definition) is 0. The second kappa shape index (κ2) is 3.81. The van der Waals surface area contributed by atoms with E-state index < -0.39 is 0 Å². The van der Waals surface area contributed by atoms with E-state index in [1.807, 2.05) is 18.2 Å². The van der Waals surface area contributed by atoms with Crippen LogP contribution in [0.25, 0.3) is 6.08 Å². The first kappa shape index (κ1) is 8.60. The number of hydrogen-bond acceptors (Lipinski definition) is 1. The highest BCUT2D eigenvalue weighted by molar-refractivity contribution is 5.64. The minimum atomic E-state index is 0.303. The van der Waals surface area contributed by atoms with Gasteiger partial charge < -0.3 is 0 Å². The lowest BCUT2D eigenvalue weighted by molar-refractivity contribution is 1.29. The second-order valence-corrected chi connectivity index (χ2v) is 3.12. The molecule has 1 aromatic carbocycles. The van der Waals surface area contributed by atoms with Gasteiger partial charge in [0, 0.05) is 5.56 Å². The normalized spacial score (nSPS) is 11.4. The van der Waals surface area contributed by atoms with Crippen LogP contribution in [-0.4, -0.2) is 0 Å². The summed E-state index contributed by atoms with van der Waals surface area (Å²) in [5, 5.41) is 8.37. The number of nitrogens with zero attached hydrogens (tertiary/aromatic N) is 1. The maximum atomic E-state index is 8.37. The molecule has 0 heterocycles. The van der Waals surface area contributed by atoms with Crippen molar-refractivity contribution in [2.75, 3.05) is 0 Å². The van der Waals surface area contributed by atoms with Gasteiger partial charge in [0.25, 0.3) is 0 Å². The second-order valence-electron chi connectivity index (χ2n) is 3.12. The van der Waals surface area contributed by atoms with Crippen LogP contribution in [0.1, 0.15) is 23.1 Å². The molecule has 0 radical (unpaired) electrons. The molecule has 1 heteroatoms. The van der Waals surface area contributed by atoms with E-state index in [0.29, 0.717) is 6.42 Å². The molecule has 0 aliphatic heterocycles. The van der Waals surface area contributed by atoms with E-state index in [4.69, 9.17) is 5.26 Å². The van der Waals surface area contributed by atoms with Gasteiger partial charge in [0.1, 0.15) is 0 Å². The molecule has 66 valence electrons. The molecule has 0 saturated carbocycles. The molecule has 14 heavy (non-hydrogen) atoms. The molecule has 1 aromatic rings. The fourth-order valence-electron chi connectivity index (χ4n) is 1.59. The standard InChI is InChI=1S/C13H9N/c14-10-2-1-5-11-6-3-7-12-8-4-9-13(11)12/h3-4,6-8H,2,9H2. The molecule has 2 rings (SSSR count). The molecule has 0 aromatic heterocycles. The van der Waals surface area contributed by atoms with Crippen molar-refractivity contribution < 1.29 is 0 Å². The fraction of sp³-hybridized carbons (Fsp3) is 0.154. The van der Waals surface area contributed by atoms with Crippen molar-refractivity contribution in [2.24, 2.45) is 0 Å². The SMILES string of the molecule is N#CCC#Cc1cccc2c1CC=C2. The third kappa shape index (κ3) is 1.53. The molecule has 0 N–H and O–H groups in total. The van der Waals surface area contributed by atoms with E-state index in [1.165, 1.54) is 11.1 Å². The van der Waals surface area contributed by atoms with Gasteiger partial charge in [-0.1, -0.05) is 36.1 Å². The Hall–Kier alpha value is -1.99. The Morgan fingerprint density at radius 2 is 2.29 bits per heavy atom. The van der Waals surface area contributed by atoms with Gasteiger partial charge in [0.2, 0.25) is 0 Å². The Balaban J connectivity index is 2.35. The first-order valence-electron chi connectivity index (χ1n) is 4.56. The zero-order valence-electron chi connectivity index (χ0n) is 7.75. The first-order valence-corrected chi connectivity index (χ1v) is 4.56. The molecule has 0 unspecified atom stereocenters. The van der Waals surface area contributed by atoms with E-state index in [-0.39, 0.29) is 0 Å². The number of fused-ring (bicyclic) bond motifs is 1. The van der Waals surface area contributed by atoms with Gasteiger partial charge in [-0.3, -0.25) is 0 Å². The van der Waals surface area contributed by atoms with Crippen molar-refractivity contribution in [1.29, 1.82) is 5.26 Å². The third-order valence-electron chi connectivity index (χ3n) is 2.22. The van der Waals surface area contributed by atoms with Crippen molar-refractivity contribution in [1.82, 2.24) is 0 Å². The highest BCUT2D eigenvalue weighted by Gasteiger charge is 2.07. The van der Waals surface area contributed by atoms with Crippen LogP contribution in [-0.2, 0) is 6.42 Å². The van der Waals surface area contributed by atoms with Crippen molar-refractivity contribution in [3.8, 4) is 17.9 Å². The monoisotopic (exact) mass is 179 g/mol. The molecule has 0 spiro atoms. The average molecular weight is 179 g/mol. The zero-order valence-corrected chi connectivity index (χ0v) is 7.75. The molecular formula is C13H9N. The van der Waals surface area contributed by atoms with Crippen LogP contribution in [0.2, 0.25) is 0 Å². The predicted octanol–water partition coefficient (Wildman–Crippen LogP) is 2.52. The molecule has 0 fully saturated rings. The Morgan fingerprint density at radius 3 is 3.14 bits per heavy atom. The molecule has 1 aliphatic rings. The van der Waals surface area contributed by atoms with Crippen LogP contribution < -0.4 is 0 Å². The van der Waals surface area contributed by atoms with Gasteiger partial charge in [-0.15, -0.1) is 0 Å². The summed E-state index contributed by atoms with van der Waals surface area (Å²) in [4.78, 5) is 0. The van der Waals surface area contributed by atoms with E-state index in [1.54, 1.807) is 0 Å². The zero-order chi connectivity index (χ0) is 9.80. The Labute approximate surface area is 83.7 Å². The minimum absolute atomic E-state index is 0.303. The van der Waals surface area contributed by atoms with Crippen molar-refractivity contribution in [3.63, 3.8) is 0 Å². The smallest absolute Gasteiger partial charge is 0.0966 e. The lowest BCUT2D eigenvalue weighted by Gasteiger charge is -2.00. The highest BCUT2D eigenvalue weighted by atomic mass is 14.2. The molecule has 0 atom stereocenters. The van der Waals surface area contributed by atoms with E-state index in [9.17, 15) is 0 Å². The molecule has 0 saturated heterocycles. The van der Waals surface area contributed by atoms with Crippen molar-refractivity contribution in [3.05, 3.63) is 41.0 Å². The first-order chi connectivity index (χ1) is 6.92. The van der Waals surface area contributed by atoms with Gasteiger partial charge in [0.15, 0.2) is 0 Å². The Bertz CT molecular complexity index is 478. The van der Waals surface area contributed by atoms with Crippen LogP contribution in [0.15, 0.2) is 24.3 Å². The Morgan fingerprint density at radius 1 is 1.36 bits per heavy atom. The quantitative estimate of drug-likeness (QED) is 0.561. The van der Waals surface area contributed by atoms with Crippen molar-refractivity contribution in [2.45, 2.75) is 12.8 Å². The largest absolute Gasteiger partial charge is 0.197 e. The number of nitriles is 1. The summed E-state index contributed by atoms with van der Waals surface area (Å²) in [5.41, 5.74) is 3.61. The summed E-state index contributed by atoms with van der Waals surface area (Å²) in [6, 6.07) is 8.12. The third-order valence-corrected chi connectivity index (χ3v) is 2.22. The van der Waals surface area contributed by atoms with Gasteiger partial charge in [-0.25, -0.2) is 0 Å². The molecular weight excluding hydrogens is 170 g/mol. The molecule has 1 aliphatic carbocycles. The maximum Gasteiger partial charge on any atom is 0.0966 e. The minimum Gasteiger partial charge on any atom is -0.197 e. The summed E-state index contributed by atoms with van der Waals surface area (Å²) in [6.07, 6.45) is 5.52. The fourth-order valence-corrected chi connectivity index (χ4v) is 1.59. The summed E-state index contributed by atoms with van der Waals surface area (Å²) in [7, 11) is 0. The van der Waals surface area contributed by atoms with Crippen LogP contribution in [0.5, 0.6) is 0 Å². The number of rotatable bonds is 0. The highest BCUT2D eigenvalue weighted by Crippen LogP contribution is 2.22. The van der Waals surface area contributed by atoms with Gasteiger partial charge in [-0.2, -0.15) is 5.26 Å². The molecule has 0 bridgehead atoms. The predicted molar refractivity (Wildman–Crippen MR) is 56.3 cm³/mol. The van der Waals surface area contributed by atoms with Gasteiger partial charge in [-0.05, 0) is 23.6 Å². The van der Waals surface area contributed by atoms with Crippen molar-refractivity contribution >= 4 is 6.08 Å². The number of allylic oxidation sites excluding steroid dienone is 1. The van der Waals surface area contributed by atoms with E-state index in [2.05, 4.69) is 30.1 Å². The summed E-state index contributed by atoms with van der Waals surface area (Å²) >= 11 is 0. The van der Waals surface area contributed by atoms with E-state index >= 15 is 0 Å². The molecule has 1 nitrogen and oxygen atoms in total. The summed E-state index contributed by atoms with van der Waals surface area (Å²) in [6.45, 7) is 0. The summed E-state index contributed by atoms with van der Waals surface area (Å²) in [5.74, 6) is 5.88. The number of benzene rings is 1. The summed E-state index contributed by atoms with van der Waals surface area (Å²) < 4.78 is 0. The van der Waals surface area contributed by atoms with Crippen LogP contribution >= 0.6 is 0 Å².